The van der Waals surface area contributed by atoms with Crippen LogP contribution in [0.15, 0.2) is 199 Å². The van der Waals surface area contributed by atoms with E-state index in [1.165, 1.54) is 81.2 Å². The predicted molar refractivity (Wildman–Crippen MR) is 269 cm³/mol. The monoisotopic (exact) mass is 845 g/mol. The van der Waals surface area contributed by atoms with Gasteiger partial charge in [-0.3, -0.25) is 0 Å². The van der Waals surface area contributed by atoms with Gasteiger partial charge in [0.15, 0.2) is 0 Å². The fraction of sp³-hybridized carbons (Fsp3) is 0.103. The number of fused-ring (bicyclic) bond motifs is 10. The van der Waals surface area contributed by atoms with Gasteiger partial charge in [-0.15, -0.1) is 23.1 Å². The Morgan fingerprint density at radius 1 is 0.540 bits per heavy atom. The van der Waals surface area contributed by atoms with Crippen molar-refractivity contribution in [1.29, 1.82) is 0 Å². The molecule has 9 aromatic rings. The summed E-state index contributed by atoms with van der Waals surface area (Å²) in [5, 5.41) is 2.89. The Bertz CT molecular complexity index is 3320. The molecule has 2 aromatic heterocycles. The van der Waals surface area contributed by atoms with Crippen molar-refractivity contribution < 1.29 is 0 Å². The molecule has 0 fully saturated rings. The maximum atomic E-state index is 2.72. The number of anilines is 5. The Balaban J connectivity index is 0.988. The van der Waals surface area contributed by atoms with E-state index in [0.29, 0.717) is 5.25 Å². The first-order valence-electron chi connectivity index (χ1n) is 22.2. The second kappa shape index (κ2) is 14.9. The van der Waals surface area contributed by atoms with Crippen LogP contribution in [0.1, 0.15) is 57.0 Å². The molecule has 2 unspecified atom stereocenters. The Morgan fingerprint density at radius 3 is 1.98 bits per heavy atom. The molecule has 2 atom stereocenters. The molecule has 2 aliphatic carbocycles. The van der Waals surface area contributed by atoms with E-state index in [1.807, 2.05) is 11.3 Å². The van der Waals surface area contributed by atoms with Crippen molar-refractivity contribution in [3.05, 3.63) is 221 Å². The highest BCUT2D eigenvalue weighted by Gasteiger charge is 2.49. The van der Waals surface area contributed by atoms with Gasteiger partial charge in [0.1, 0.15) is 0 Å². The van der Waals surface area contributed by atoms with E-state index in [1.54, 1.807) is 0 Å². The molecule has 0 bridgehead atoms. The number of benzene rings is 7. The fourth-order valence-electron chi connectivity index (χ4n) is 10.5. The van der Waals surface area contributed by atoms with Crippen LogP contribution >= 0.6 is 23.1 Å². The predicted octanol–water partition coefficient (Wildman–Crippen LogP) is 16.7. The molecule has 7 aromatic carbocycles. The van der Waals surface area contributed by atoms with Crippen LogP contribution in [0.3, 0.4) is 0 Å². The summed E-state index contributed by atoms with van der Waals surface area (Å²) >= 11 is 4.08. The van der Waals surface area contributed by atoms with Crippen LogP contribution in [0.5, 0.6) is 0 Å². The third kappa shape index (κ3) is 6.01. The average Bonchev–Trinajstić information content (AvgIpc) is 4.09. The van der Waals surface area contributed by atoms with Crippen molar-refractivity contribution in [3.63, 3.8) is 0 Å². The number of thiophene rings is 1. The largest absolute Gasteiger partial charge is 0.331 e. The summed E-state index contributed by atoms with van der Waals surface area (Å²) < 4.78 is 2.50. The second-order valence-corrected chi connectivity index (χ2v) is 19.3. The number of hydrogen-bond acceptors (Lipinski definition) is 4. The molecular weight excluding hydrogens is 803 g/mol. The van der Waals surface area contributed by atoms with Crippen molar-refractivity contribution in [1.82, 2.24) is 4.57 Å². The van der Waals surface area contributed by atoms with Gasteiger partial charge in [-0.2, -0.15) is 0 Å². The van der Waals surface area contributed by atoms with Crippen LogP contribution in [0.25, 0.3) is 50.3 Å². The van der Waals surface area contributed by atoms with Gasteiger partial charge in [-0.25, -0.2) is 0 Å². The Hall–Kier alpha value is -6.79. The highest BCUT2D eigenvalue weighted by molar-refractivity contribution is 8.00. The van der Waals surface area contributed by atoms with Gasteiger partial charge in [0.2, 0.25) is 0 Å². The van der Waals surface area contributed by atoms with Crippen LogP contribution in [0.2, 0.25) is 0 Å². The first kappa shape index (κ1) is 36.8. The Morgan fingerprint density at radius 2 is 1.21 bits per heavy atom. The average molecular weight is 846 g/mol. The normalized spacial score (nSPS) is 17.1. The maximum absolute atomic E-state index is 2.72. The van der Waals surface area contributed by atoms with Crippen LogP contribution in [0, 0.1) is 0 Å². The zero-order valence-electron chi connectivity index (χ0n) is 34.7. The molecule has 0 saturated carbocycles. The third-order valence-corrected chi connectivity index (χ3v) is 16.2. The molecule has 63 heavy (non-hydrogen) atoms. The van der Waals surface area contributed by atoms with Gasteiger partial charge in [0.05, 0.1) is 28.0 Å². The zero-order chi connectivity index (χ0) is 41.4. The van der Waals surface area contributed by atoms with Crippen LogP contribution in [-0.2, 0) is 6.42 Å². The number of allylic oxidation sites excluding steroid dienone is 5. The number of nitrogens with zero attached hydrogens (tertiary/aromatic N) is 3. The molecule has 0 amide bonds. The van der Waals surface area contributed by atoms with E-state index in [4.69, 9.17) is 0 Å². The molecule has 2 aliphatic heterocycles. The lowest BCUT2D eigenvalue weighted by atomic mass is 9.99. The van der Waals surface area contributed by atoms with Crippen LogP contribution < -0.4 is 9.80 Å². The minimum absolute atomic E-state index is 0.265. The maximum Gasteiger partial charge on any atom is 0.0774 e. The Labute approximate surface area is 376 Å². The lowest BCUT2D eigenvalue weighted by Crippen LogP contribution is -2.20. The number of para-hydroxylation sites is 1. The van der Waals surface area contributed by atoms with Gasteiger partial charge in [0.25, 0.3) is 0 Å². The molecule has 4 heterocycles. The Kier molecular flexibility index (Phi) is 8.73. The summed E-state index contributed by atoms with van der Waals surface area (Å²) in [6, 6.07) is 63.4. The second-order valence-electron chi connectivity index (χ2n) is 17.0. The van der Waals surface area contributed by atoms with Crippen molar-refractivity contribution in [2.45, 2.75) is 41.9 Å². The van der Waals surface area contributed by atoms with E-state index < -0.39 is 0 Å². The quantitative estimate of drug-likeness (QED) is 0.158. The zero-order valence-corrected chi connectivity index (χ0v) is 36.3. The van der Waals surface area contributed by atoms with Gasteiger partial charge in [-0.05, 0) is 132 Å². The molecule has 4 aliphatic rings. The SMILES string of the molecule is C1=CC(c2ccc(N(c3ccc(-c4ccccc4)cc3)c3ccc4c5ccc(N6c7c(sc8c7CCC=C8)C7Sc8ccccc8C76)cc5n(-c5ccccc5)c4c3)cc2)=CCC1. The number of aromatic nitrogens is 1. The van der Waals surface area contributed by atoms with Crippen molar-refractivity contribution in [3.8, 4) is 16.8 Å². The molecule has 0 spiro atoms. The van der Waals surface area contributed by atoms with E-state index in [0.717, 1.165) is 48.4 Å². The van der Waals surface area contributed by atoms with E-state index in [9.17, 15) is 0 Å². The smallest absolute Gasteiger partial charge is 0.0774 e. The minimum atomic E-state index is 0.265. The summed E-state index contributed by atoms with van der Waals surface area (Å²) in [5.74, 6) is 0. The lowest BCUT2D eigenvalue weighted by Gasteiger charge is -2.29. The summed E-state index contributed by atoms with van der Waals surface area (Å²) in [6.45, 7) is 0. The highest BCUT2D eigenvalue weighted by Crippen LogP contribution is 2.67. The van der Waals surface area contributed by atoms with Gasteiger partial charge in [-0.1, -0.05) is 127 Å². The summed E-state index contributed by atoms with van der Waals surface area (Å²) in [7, 11) is 0. The summed E-state index contributed by atoms with van der Waals surface area (Å²) in [4.78, 5) is 9.51. The minimum Gasteiger partial charge on any atom is -0.331 e. The van der Waals surface area contributed by atoms with Crippen molar-refractivity contribution in [2.24, 2.45) is 0 Å². The molecule has 302 valence electrons. The van der Waals surface area contributed by atoms with Crippen LogP contribution in [0.4, 0.5) is 28.4 Å². The van der Waals surface area contributed by atoms with Gasteiger partial charge < -0.3 is 14.4 Å². The van der Waals surface area contributed by atoms with Crippen molar-refractivity contribution >= 4 is 85.0 Å². The topological polar surface area (TPSA) is 11.4 Å². The highest BCUT2D eigenvalue weighted by atomic mass is 32.2. The van der Waals surface area contributed by atoms with Gasteiger partial charge >= 0.3 is 0 Å². The summed E-state index contributed by atoms with van der Waals surface area (Å²) in [5.41, 5.74) is 17.6. The molecule has 3 nitrogen and oxygen atoms in total. The van der Waals surface area contributed by atoms with Crippen molar-refractivity contribution in [2.75, 3.05) is 9.80 Å². The molecular formula is C58H43N3S2. The first-order chi connectivity index (χ1) is 31.2. The standard InChI is InChI=1S/C58H43N3S2/c1-4-14-38(15-5-1)40-24-28-43(29-25-40)59(44-30-26-41(27-31-44)39-16-6-2-7-17-39)45-32-34-47-48-35-33-46(37-52(48)60(51(47)36-45)42-18-8-3-9-19-42)61-55-49-20-10-12-22-53(49)62-57(55)58-56(61)50-21-11-13-23-54(50)63-58/h1,3-6,8-10,12-20,22-37,55,57H,2,7,11,21H2. The fourth-order valence-corrected chi connectivity index (χ4v) is 13.4. The number of rotatable bonds is 7. The molecule has 0 N–H and O–H groups in total. The molecule has 5 heteroatoms. The van der Waals surface area contributed by atoms with E-state index in [-0.39, 0.29) is 6.04 Å². The third-order valence-electron chi connectivity index (χ3n) is 13.4. The number of hydrogen-bond donors (Lipinski definition) is 0. The lowest BCUT2D eigenvalue weighted by molar-refractivity contribution is 0.737. The first-order valence-corrected chi connectivity index (χ1v) is 23.9. The summed E-state index contributed by atoms with van der Waals surface area (Å²) in [6.07, 6.45) is 16.0. The molecule has 0 radical (unpaired) electrons. The van der Waals surface area contributed by atoms with Gasteiger partial charge in [0, 0.05) is 53.9 Å². The number of thioether (sulfide) groups is 1. The molecule has 13 rings (SSSR count). The molecule has 0 saturated heterocycles. The van der Waals surface area contributed by atoms with E-state index in [2.05, 4.69) is 226 Å². The van der Waals surface area contributed by atoms with Crippen LogP contribution in [-0.4, -0.2) is 4.57 Å². The van der Waals surface area contributed by atoms with E-state index >= 15 is 0 Å².